The highest BCUT2D eigenvalue weighted by Gasteiger charge is 2.16. The molecule has 0 unspecified atom stereocenters. The van der Waals surface area contributed by atoms with Gasteiger partial charge < -0.3 is 5.32 Å². The Balaban J connectivity index is 0.00000120. The molecule has 18 heavy (non-hydrogen) atoms. The SMILES string of the molecule is Cl.c1ccc2c(SC3CCNCC3)nncc2c1. The van der Waals surface area contributed by atoms with Crippen molar-refractivity contribution in [2.45, 2.75) is 23.1 Å². The predicted molar refractivity (Wildman–Crippen MR) is 78.5 cm³/mol. The molecule has 0 spiro atoms. The maximum absolute atomic E-state index is 4.29. The first-order chi connectivity index (χ1) is 8.43. The molecule has 1 saturated heterocycles. The summed E-state index contributed by atoms with van der Waals surface area (Å²) in [6.45, 7) is 2.24. The summed E-state index contributed by atoms with van der Waals surface area (Å²) < 4.78 is 0. The van der Waals surface area contributed by atoms with Gasteiger partial charge in [-0.3, -0.25) is 0 Å². The number of hydrogen-bond acceptors (Lipinski definition) is 4. The number of halogens is 1. The van der Waals surface area contributed by atoms with Crippen molar-refractivity contribution in [1.29, 1.82) is 0 Å². The molecule has 2 heterocycles. The highest BCUT2D eigenvalue weighted by molar-refractivity contribution is 8.00. The first-order valence-corrected chi connectivity index (χ1v) is 6.89. The average Bonchev–Trinajstić information content (AvgIpc) is 2.40. The fraction of sp³-hybridized carbons (Fsp3) is 0.385. The molecule has 0 saturated carbocycles. The molecule has 1 aliphatic heterocycles. The van der Waals surface area contributed by atoms with Gasteiger partial charge in [-0.2, -0.15) is 5.10 Å². The van der Waals surface area contributed by atoms with Gasteiger partial charge in [0.05, 0.1) is 6.20 Å². The fourth-order valence-corrected chi connectivity index (χ4v) is 3.35. The zero-order chi connectivity index (χ0) is 11.5. The van der Waals surface area contributed by atoms with E-state index in [4.69, 9.17) is 0 Å². The zero-order valence-corrected chi connectivity index (χ0v) is 11.6. The van der Waals surface area contributed by atoms with Gasteiger partial charge in [0.15, 0.2) is 0 Å². The quantitative estimate of drug-likeness (QED) is 0.919. The third kappa shape index (κ3) is 2.94. The minimum atomic E-state index is 0. The van der Waals surface area contributed by atoms with Gasteiger partial charge in [0.1, 0.15) is 5.03 Å². The lowest BCUT2D eigenvalue weighted by molar-refractivity contribution is 0.531. The largest absolute Gasteiger partial charge is 0.317 e. The molecule has 0 atom stereocenters. The maximum Gasteiger partial charge on any atom is 0.127 e. The summed E-state index contributed by atoms with van der Waals surface area (Å²) in [4.78, 5) is 0. The number of nitrogens with zero attached hydrogens (tertiary/aromatic N) is 2. The molecule has 0 amide bonds. The molecule has 3 nitrogen and oxygen atoms in total. The number of aromatic nitrogens is 2. The van der Waals surface area contributed by atoms with Gasteiger partial charge in [-0.25, -0.2) is 0 Å². The van der Waals surface area contributed by atoms with Crippen molar-refractivity contribution in [1.82, 2.24) is 15.5 Å². The molecule has 1 N–H and O–H groups in total. The lowest BCUT2D eigenvalue weighted by Crippen LogP contribution is -2.29. The molecule has 3 rings (SSSR count). The van der Waals surface area contributed by atoms with Gasteiger partial charge in [0, 0.05) is 16.0 Å². The first kappa shape index (κ1) is 13.6. The second-order valence-electron chi connectivity index (χ2n) is 4.30. The summed E-state index contributed by atoms with van der Waals surface area (Å²) in [6.07, 6.45) is 4.27. The summed E-state index contributed by atoms with van der Waals surface area (Å²) in [5.74, 6) is 0. The number of fused-ring (bicyclic) bond motifs is 1. The van der Waals surface area contributed by atoms with Crippen LogP contribution in [0.3, 0.4) is 0 Å². The fourth-order valence-electron chi connectivity index (χ4n) is 2.16. The van der Waals surface area contributed by atoms with Crippen LogP contribution in [0.2, 0.25) is 0 Å². The molecule has 0 radical (unpaired) electrons. The minimum Gasteiger partial charge on any atom is -0.317 e. The van der Waals surface area contributed by atoms with E-state index in [1.165, 1.54) is 23.6 Å². The Morgan fingerprint density at radius 1 is 1.17 bits per heavy atom. The maximum atomic E-state index is 4.29. The van der Waals surface area contributed by atoms with E-state index < -0.39 is 0 Å². The molecular weight excluding hydrogens is 266 g/mol. The topological polar surface area (TPSA) is 37.8 Å². The molecule has 2 aromatic rings. The lowest BCUT2D eigenvalue weighted by Gasteiger charge is -2.21. The molecule has 1 fully saturated rings. The average molecular weight is 282 g/mol. The molecule has 1 aromatic carbocycles. The Bertz CT molecular complexity index is 509. The van der Waals surface area contributed by atoms with Crippen molar-refractivity contribution < 1.29 is 0 Å². The number of rotatable bonds is 2. The Morgan fingerprint density at radius 3 is 2.78 bits per heavy atom. The van der Waals surface area contributed by atoms with E-state index in [-0.39, 0.29) is 12.4 Å². The van der Waals surface area contributed by atoms with Crippen LogP contribution in [0.15, 0.2) is 35.5 Å². The molecule has 0 bridgehead atoms. The Labute approximate surface area is 117 Å². The summed E-state index contributed by atoms with van der Waals surface area (Å²) in [5.41, 5.74) is 0. The predicted octanol–water partition coefficient (Wildman–Crippen LogP) is 2.90. The highest BCUT2D eigenvalue weighted by atomic mass is 35.5. The summed E-state index contributed by atoms with van der Waals surface area (Å²) in [5, 5.41) is 15.9. The van der Waals surface area contributed by atoms with Gasteiger partial charge in [0.2, 0.25) is 0 Å². The van der Waals surface area contributed by atoms with E-state index in [9.17, 15) is 0 Å². The Morgan fingerprint density at radius 2 is 1.94 bits per heavy atom. The monoisotopic (exact) mass is 281 g/mol. The number of piperidine rings is 1. The van der Waals surface area contributed by atoms with Crippen LogP contribution in [0.4, 0.5) is 0 Å². The summed E-state index contributed by atoms with van der Waals surface area (Å²) in [6, 6.07) is 8.34. The number of hydrogen-bond donors (Lipinski definition) is 1. The third-order valence-corrected chi connectivity index (χ3v) is 4.43. The molecule has 1 aliphatic rings. The minimum absolute atomic E-state index is 0. The van der Waals surface area contributed by atoms with Crippen LogP contribution in [0.1, 0.15) is 12.8 Å². The molecule has 1 aromatic heterocycles. The van der Waals surface area contributed by atoms with Crippen molar-refractivity contribution in [2.24, 2.45) is 0 Å². The first-order valence-electron chi connectivity index (χ1n) is 6.01. The van der Waals surface area contributed by atoms with Crippen molar-refractivity contribution in [3.8, 4) is 0 Å². The molecular formula is C13H16ClN3S. The van der Waals surface area contributed by atoms with Gasteiger partial charge >= 0.3 is 0 Å². The normalized spacial score (nSPS) is 16.4. The van der Waals surface area contributed by atoms with E-state index >= 15 is 0 Å². The molecule has 5 heteroatoms. The van der Waals surface area contributed by atoms with Crippen LogP contribution in [0.5, 0.6) is 0 Å². The van der Waals surface area contributed by atoms with Gasteiger partial charge in [-0.15, -0.1) is 29.3 Å². The second-order valence-corrected chi connectivity index (χ2v) is 5.59. The van der Waals surface area contributed by atoms with Crippen LogP contribution in [0.25, 0.3) is 10.8 Å². The van der Waals surface area contributed by atoms with Crippen molar-refractivity contribution >= 4 is 34.9 Å². The van der Waals surface area contributed by atoms with Gasteiger partial charge in [0.25, 0.3) is 0 Å². The van der Waals surface area contributed by atoms with E-state index in [1.54, 1.807) is 0 Å². The molecule has 0 aliphatic carbocycles. The van der Waals surface area contributed by atoms with Crippen LogP contribution in [-0.2, 0) is 0 Å². The van der Waals surface area contributed by atoms with Crippen LogP contribution in [-0.4, -0.2) is 28.5 Å². The summed E-state index contributed by atoms with van der Waals surface area (Å²) in [7, 11) is 0. The second kappa shape index (κ2) is 6.36. The lowest BCUT2D eigenvalue weighted by atomic mass is 10.2. The number of thioether (sulfide) groups is 1. The van der Waals surface area contributed by atoms with E-state index in [0.29, 0.717) is 5.25 Å². The van der Waals surface area contributed by atoms with Crippen LogP contribution in [0, 0.1) is 0 Å². The highest BCUT2D eigenvalue weighted by Crippen LogP contribution is 2.31. The van der Waals surface area contributed by atoms with Crippen molar-refractivity contribution in [2.75, 3.05) is 13.1 Å². The number of benzene rings is 1. The standard InChI is InChI=1S/C13H15N3S.ClH/c1-2-4-12-10(3-1)9-15-16-13(12)17-11-5-7-14-8-6-11;/h1-4,9,11,14H,5-8H2;1H. The van der Waals surface area contributed by atoms with Crippen molar-refractivity contribution in [3.05, 3.63) is 30.5 Å². The number of nitrogens with one attached hydrogen (secondary N) is 1. The van der Waals surface area contributed by atoms with Crippen LogP contribution < -0.4 is 5.32 Å². The van der Waals surface area contributed by atoms with Gasteiger partial charge in [-0.05, 0) is 25.9 Å². The van der Waals surface area contributed by atoms with E-state index in [0.717, 1.165) is 18.1 Å². The van der Waals surface area contributed by atoms with Crippen LogP contribution >= 0.6 is 24.2 Å². The van der Waals surface area contributed by atoms with E-state index in [1.807, 2.05) is 24.0 Å². The van der Waals surface area contributed by atoms with E-state index in [2.05, 4.69) is 33.7 Å². The van der Waals surface area contributed by atoms with Gasteiger partial charge in [-0.1, -0.05) is 24.3 Å². The molecule has 96 valence electrons. The zero-order valence-electron chi connectivity index (χ0n) is 10.0. The Hall–Kier alpha value is -0.840. The Kier molecular flexibility index (Phi) is 4.80. The summed E-state index contributed by atoms with van der Waals surface area (Å²) >= 11 is 1.88. The third-order valence-electron chi connectivity index (χ3n) is 3.10. The smallest absolute Gasteiger partial charge is 0.127 e. The van der Waals surface area contributed by atoms with Crippen molar-refractivity contribution in [3.63, 3.8) is 0 Å².